The third-order valence-corrected chi connectivity index (χ3v) is 3.75. The average Bonchev–Trinajstić information content (AvgIpc) is 3.01. The molecule has 7 heteroatoms. The van der Waals surface area contributed by atoms with Crippen LogP contribution < -0.4 is 16.0 Å². The van der Waals surface area contributed by atoms with Gasteiger partial charge in [0, 0.05) is 18.0 Å². The van der Waals surface area contributed by atoms with E-state index in [-0.39, 0.29) is 11.7 Å². The Hall–Kier alpha value is -3.35. The number of para-hydroxylation sites is 1. The zero-order valence-corrected chi connectivity index (χ0v) is 14.3. The Kier molecular flexibility index (Phi) is 4.88. The van der Waals surface area contributed by atoms with Gasteiger partial charge in [0.25, 0.3) is 0 Å². The van der Waals surface area contributed by atoms with Crippen LogP contribution in [0, 0.1) is 5.82 Å². The molecule has 26 heavy (non-hydrogen) atoms. The number of furan rings is 1. The predicted octanol–water partition coefficient (Wildman–Crippen LogP) is 4.41. The summed E-state index contributed by atoms with van der Waals surface area (Å²) in [5, 5.41) is 8.68. The zero-order chi connectivity index (χ0) is 18.7. The van der Waals surface area contributed by atoms with Crippen molar-refractivity contribution in [2.24, 2.45) is 0 Å². The number of nitrogens with one attached hydrogen (secondary N) is 3. The van der Waals surface area contributed by atoms with Gasteiger partial charge in [-0.25, -0.2) is 9.18 Å². The lowest BCUT2D eigenvalue weighted by molar-refractivity contribution is -0.114. The first-order valence-electron chi connectivity index (χ1n) is 8.05. The summed E-state index contributed by atoms with van der Waals surface area (Å²) in [5.41, 5.74) is 1.10. The first-order chi connectivity index (χ1) is 12.4. The Balaban J connectivity index is 1.67. The van der Waals surface area contributed by atoms with Crippen LogP contribution in [0.4, 0.5) is 20.6 Å². The van der Waals surface area contributed by atoms with E-state index in [1.165, 1.54) is 25.1 Å². The van der Waals surface area contributed by atoms with Crippen molar-refractivity contribution in [2.75, 3.05) is 10.6 Å². The maximum atomic E-state index is 13.6. The Morgan fingerprint density at radius 1 is 1.08 bits per heavy atom. The Morgan fingerprint density at radius 3 is 2.58 bits per heavy atom. The molecule has 3 N–H and O–H groups in total. The molecule has 3 aromatic rings. The molecule has 6 nitrogen and oxygen atoms in total. The van der Waals surface area contributed by atoms with Gasteiger partial charge in [-0.05, 0) is 37.3 Å². The highest BCUT2D eigenvalue weighted by Gasteiger charge is 2.15. The summed E-state index contributed by atoms with van der Waals surface area (Å²) in [6.45, 7) is 3.08. The fourth-order valence-corrected chi connectivity index (χ4v) is 2.54. The molecule has 0 radical (unpaired) electrons. The van der Waals surface area contributed by atoms with E-state index in [2.05, 4.69) is 16.0 Å². The molecule has 3 amide bonds. The Bertz CT molecular complexity index is 935. The van der Waals surface area contributed by atoms with Gasteiger partial charge in [-0.15, -0.1) is 0 Å². The van der Waals surface area contributed by atoms with Gasteiger partial charge >= 0.3 is 6.03 Å². The lowest BCUT2D eigenvalue weighted by Crippen LogP contribution is -2.31. The molecule has 0 spiro atoms. The van der Waals surface area contributed by atoms with Crippen LogP contribution in [0.2, 0.25) is 0 Å². The standard InChI is InChI=1S/C19H18FN3O3/c1-11(18-9-13-5-3-4-6-17(13)26-18)21-19(25)23-14-7-8-15(20)16(10-14)22-12(2)24/h3-11H,1-2H3,(H,22,24)(H2,21,23,25). The third-order valence-electron chi connectivity index (χ3n) is 3.75. The van der Waals surface area contributed by atoms with E-state index in [0.717, 1.165) is 11.0 Å². The summed E-state index contributed by atoms with van der Waals surface area (Å²) in [6, 6.07) is 12.5. The molecule has 3 rings (SSSR count). The maximum Gasteiger partial charge on any atom is 0.319 e. The van der Waals surface area contributed by atoms with Gasteiger partial charge in [0.15, 0.2) is 0 Å². The number of carbonyl (C=O) groups is 2. The number of hydrogen-bond donors (Lipinski definition) is 3. The number of benzene rings is 2. The second-order valence-electron chi connectivity index (χ2n) is 5.88. The summed E-state index contributed by atoms with van der Waals surface area (Å²) in [7, 11) is 0. The quantitative estimate of drug-likeness (QED) is 0.648. The minimum Gasteiger partial charge on any atom is -0.459 e. The first-order valence-corrected chi connectivity index (χ1v) is 8.05. The molecule has 1 heterocycles. The lowest BCUT2D eigenvalue weighted by atomic mass is 10.2. The van der Waals surface area contributed by atoms with Crippen molar-refractivity contribution >= 4 is 34.3 Å². The monoisotopic (exact) mass is 355 g/mol. The Morgan fingerprint density at radius 2 is 1.85 bits per heavy atom. The molecule has 0 aliphatic heterocycles. The summed E-state index contributed by atoms with van der Waals surface area (Å²) >= 11 is 0. The maximum absolute atomic E-state index is 13.6. The summed E-state index contributed by atoms with van der Waals surface area (Å²) < 4.78 is 19.4. The van der Waals surface area contributed by atoms with Gasteiger partial charge in [-0.1, -0.05) is 18.2 Å². The molecule has 1 aromatic heterocycles. The first kappa shape index (κ1) is 17.5. The van der Waals surface area contributed by atoms with Crippen LogP contribution in [0.1, 0.15) is 25.6 Å². The minimum absolute atomic E-state index is 0.000586. The molecule has 1 unspecified atom stereocenters. The molecule has 0 fully saturated rings. The van der Waals surface area contributed by atoms with E-state index in [1.54, 1.807) is 6.92 Å². The van der Waals surface area contributed by atoms with Gasteiger partial charge in [-0.2, -0.15) is 0 Å². The largest absolute Gasteiger partial charge is 0.459 e. The average molecular weight is 355 g/mol. The van der Waals surface area contributed by atoms with Gasteiger partial charge in [0.2, 0.25) is 5.91 Å². The SMILES string of the molecule is CC(=O)Nc1cc(NC(=O)NC(C)c2cc3ccccc3o2)ccc1F. The molecule has 0 bridgehead atoms. The van der Waals surface area contributed by atoms with Crippen molar-refractivity contribution in [1.29, 1.82) is 0 Å². The molecule has 2 aromatic carbocycles. The van der Waals surface area contributed by atoms with Crippen LogP contribution in [-0.4, -0.2) is 11.9 Å². The van der Waals surface area contributed by atoms with Crippen molar-refractivity contribution in [2.45, 2.75) is 19.9 Å². The number of rotatable bonds is 4. The number of fused-ring (bicyclic) bond motifs is 1. The molecular formula is C19H18FN3O3. The van der Waals surface area contributed by atoms with Crippen molar-refractivity contribution < 1.29 is 18.4 Å². The van der Waals surface area contributed by atoms with Crippen molar-refractivity contribution in [3.8, 4) is 0 Å². The smallest absolute Gasteiger partial charge is 0.319 e. The lowest BCUT2D eigenvalue weighted by Gasteiger charge is -2.13. The van der Waals surface area contributed by atoms with Gasteiger partial charge < -0.3 is 20.4 Å². The fourth-order valence-electron chi connectivity index (χ4n) is 2.54. The number of hydrogen-bond acceptors (Lipinski definition) is 3. The molecule has 0 aliphatic carbocycles. The third kappa shape index (κ3) is 4.00. The second kappa shape index (κ2) is 7.26. The van der Waals surface area contributed by atoms with Gasteiger partial charge in [0.1, 0.15) is 17.2 Å². The van der Waals surface area contributed by atoms with Crippen LogP contribution in [0.5, 0.6) is 0 Å². The van der Waals surface area contributed by atoms with Crippen molar-refractivity contribution in [3.05, 3.63) is 60.1 Å². The van der Waals surface area contributed by atoms with Crippen LogP contribution in [-0.2, 0) is 4.79 Å². The molecular weight excluding hydrogens is 337 g/mol. The summed E-state index contributed by atoms with van der Waals surface area (Å²) in [4.78, 5) is 23.3. The van der Waals surface area contributed by atoms with Crippen LogP contribution in [0.15, 0.2) is 52.9 Å². The Labute approximate surface area is 149 Å². The molecule has 0 aliphatic rings. The van der Waals surface area contributed by atoms with Crippen LogP contribution in [0.3, 0.4) is 0 Å². The van der Waals surface area contributed by atoms with E-state index in [1.807, 2.05) is 30.3 Å². The van der Waals surface area contributed by atoms with E-state index in [4.69, 9.17) is 4.42 Å². The van der Waals surface area contributed by atoms with Crippen molar-refractivity contribution in [1.82, 2.24) is 5.32 Å². The summed E-state index contributed by atoms with van der Waals surface area (Å²) in [6.07, 6.45) is 0. The number of amides is 3. The topological polar surface area (TPSA) is 83.4 Å². The van der Waals surface area contributed by atoms with Crippen molar-refractivity contribution in [3.63, 3.8) is 0 Å². The van der Waals surface area contributed by atoms with Gasteiger partial charge in [-0.3, -0.25) is 4.79 Å². The highest BCUT2D eigenvalue weighted by Crippen LogP contribution is 2.24. The molecule has 0 saturated heterocycles. The van der Waals surface area contributed by atoms with Gasteiger partial charge in [0.05, 0.1) is 11.7 Å². The highest BCUT2D eigenvalue weighted by molar-refractivity contribution is 5.92. The summed E-state index contributed by atoms with van der Waals surface area (Å²) in [5.74, 6) is -0.356. The number of urea groups is 1. The minimum atomic E-state index is -0.582. The van der Waals surface area contributed by atoms with E-state index in [0.29, 0.717) is 11.4 Å². The van der Waals surface area contributed by atoms with E-state index < -0.39 is 17.8 Å². The highest BCUT2D eigenvalue weighted by atomic mass is 19.1. The number of halogens is 1. The molecule has 0 saturated carbocycles. The fraction of sp³-hybridized carbons (Fsp3) is 0.158. The number of anilines is 2. The van der Waals surface area contributed by atoms with Crippen LogP contribution in [0.25, 0.3) is 11.0 Å². The van der Waals surface area contributed by atoms with E-state index in [9.17, 15) is 14.0 Å². The molecule has 134 valence electrons. The number of carbonyl (C=O) groups excluding carboxylic acids is 2. The van der Waals surface area contributed by atoms with Crippen LogP contribution >= 0.6 is 0 Å². The second-order valence-corrected chi connectivity index (χ2v) is 5.88. The normalized spacial score (nSPS) is 11.8. The molecule has 1 atom stereocenters. The zero-order valence-electron chi connectivity index (χ0n) is 14.3. The van der Waals surface area contributed by atoms with E-state index >= 15 is 0 Å². The predicted molar refractivity (Wildman–Crippen MR) is 97.5 cm³/mol.